The molecule has 1 aromatic rings. The van der Waals surface area contributed by atoms with Crippen LogP contribution in [0.4, 0.5) is 0 Å². The van der Waals surface area contributed by atoms with Crippen molar-refractivity contribution in [3.8, 4) is 0 Å². The molecule has 0 saturated heterocycles. The second-order valence-corrected chi connectivity index (χ2v) is 5.75. The molecule has 0 nitrogen and oxygen atoms in total. The molecule has 14 heavy (non-hydrogen) atoms. The number of rotatable bonds is 5. The maximum atomic E-state index is 5.70. The van der Waals surface area contributed by atoms with Crippen LogP contribution in [0.15, 0.2) is 30.3 Å². The van der Waals surface area contributed by atoms with Crippen LogP contribution in [0, 0.1) is 0 Å². The van der Waals surface area contributed by atoms with Crippen LogP contribution in [0.5, 0.6) is 0 Å². The normalized spacial score (nSPS) is 11.9. The molecule has 0 amide bonds. The van der Waals surface area contributed by atoms with Gasteiger partial charge in [0.2, 0.25) is 0 Å². The maximum Gasteiger partial charge on any atom is 0.0559 e. The number of halogens is 1. The Hall–Kier alpha value is -0.533. The van der Waals surface area contributed by atoms with Crippen LogP contribution in [-0.4, -0.2) is 15.4 Å². The summed E-state index contributed by atoms with van der Waals surface area (Å²) in [5, 5.41) is 1.52. The summed E-state index contributed by atoms with van der Waals surface area (Å²) in [5.41, 5.74) is 1.33. The summed E-state index contributed by atoms with van der Waals surface area (Å²) < 4.78 is 0. The summed E-state index contributed by atoms with van der Waals surface area (Å²) in [6.45, 7) is 2.16. The van der Waals surface area contributed by atoms with Gasteiger partial charge in [-0.05, 0) is 18.0 Å². The largest absolute Gasteiger partial charge is 0.127 e. The zero-order chi connectivity index (χ0) is 10.2. The Balaban J connectivity index is 2.63. The highest BCUT2D eigenvalue weighted by molar-refractivity contribution is 6.54. The molecular weight excluding hydrogens is 208 g/mol. The Morgan fingerprint density at radius 2 is 2.29 bits per heavy atom. The Kier molecular flexibility index (Phi) is 5.65. The fraction of sp³-hybridized carbons (Fsp3) is 0.333. The number of alkyl halides is 1. The van der Waals surface area contributed by atoms with Crippen LogP contribution < -0.4 is 5.19 Å². The molecule has 0 aromatic heterocycles. The molecule has 0 spiro atoms. The molecule has 2 heteroatoms. The van der Waals surface area contributed by atoms with Gasteiger partial charge in [0, 0.05) is 5.88 Å². The summed E-state index contributed by atoms with van der Waals surface area (Å²) in [5.74, 6) is 0.807. The molecule has 0 aliphatic rings. The second-order valence-electron chi connectivity index (χ2n) is 3.35. The summed E-state index contributed by atoms with van der Waals surface area (Å²) >= 11 is 5.70. The van der Waals surface area contributed by atoms with Gasteiger partial charge in [-0.15, -0.1) is 11.6 Å². The van der Waals surface area contributed by atoms with Crippen LogP contribution in [0.3, 0.4) is 0 Å². The molecule has 0 bridgehead atoms. The van der Waals surface area contributed by atoms with E-state index in [4.69, 9.17) is 11.6 Å². The summed E-state index contributed by atoms with van der Waals surface area (Å²) in [7, 11) is -0.122. The molecule has 0 saturated carbocycles. The van der Waals surface area contributed by atoms with Crippen molar-refractivity contribution in [3.05, 3.63) is 35.9 Å². The van der Waals surface area contributed by atoms with E-state index >= 15 is 0 Å². The third kappa shape index (κ3) is 4.12. The SMILES string of the molecule is CCC=Cc1cccc([SiH2]CCCl)c1. The van der Waals surface area contributed by atoms with Gasteiger partial charge in [0.15, 0.2) is 0 Å². The lowest BCUT2D eigenvalue weighted by Gasteiger charge is -2.00. The molecule has 0 atom stereocenters. The molecule has 1 rings (SSSR count). The molecule has 0 fully saturated rings. The van der Waals surface area contributed by atoms with Gasteiger partial charge in [0.1, 0.15) is 0 Å². The third-order valence-corrected chi connectivity index (χ3v) is 4.54. The topological polar surface area (TPSA) is 0 Å². The van der Waals surface area contributed by atoms with Crippen molar-refractivity contribution in [1.29, 1.82) is 0 Å². The first-order valence-corrected chi connectivity index (χ1v) is 7.42. The van der Waals surface area contributed by atoms with Crippen molar-refractivity contribution in [2.24, 2.45) is 0 Å². The predicted molar refractivity (Wildman–Crippen MR) is 69.5 cm³/mol. The van der Waals surface area contributed by atoms with E-state index in [2.05, 4.69) is 43.3 Å². The summed E-state index contributed by atoms with van der Waals surface area (Å²) in [4.78, 5) is 0. The maximum absolute atomic E-state index is 5.70. The van der Waals surface area contributed by atoms with Crippen molar-refractivity contribution in [2.45, 2.75) is 19.4 Å². The van der Waals surface area contributed by atoms with E-state index in [1.807, 2.05) is 0 Å². The average Bonchev–Trinajstić information content (AvgIpc) is 2.24. The summed E-state index contributed by atoms with van der Waals surface area (Å²) in [6.07, 6.45) is 5.49. The first-order valence-electron chi connectivity index (χ1n) is 5.18. The monoisotopic (exact) mass is 224 g/mol. The Morgan fingerprint density at radius 3 is 3.00 bits per heavy atom. The minimum Gasteiger partial charge on any atom is -0.127 e. The van der Waals surface area contributed by atoms with Crippen LogP contribution in [0.1, 0.15) is 18.9 Å². The van der Waals surface area contributed by atoms with E-state index in [0.29, 0.717) is 0 Å². The number of allylic oxidation sites excluding steroid dienone is 1. The minimum absolute atomic E-state index is 0.122. The fourth-order valence-corrected chi connectivity index (χ4v) is 3.00. The first-order chi connectivity index (χ1) is 6.86. The Labute approximate surface area is 93.8 Å². The lowest BCUT2D eigenvalue weighted by Crippen LogP contribution is -2.13. The van der Waals surface area contributed by atoms with E-state index in [9.17, 15) is 0 Å². The molecule has 0 unspecified atom stereocenters. The van der Waals surface area contributed by atoms with Gasteiger partial charge in [-0.2, -0.15) is 0 Å². The average molecular weight is 225 g/mol. The standard InChI is InChI=1S/C12H17ClSi/c1-2-3-5-11-6-4-7-12(10-11)14-9-8-13/h3-7,10H,2,8-9,14H2,1H3. The predicted octanol–water partition coefficient (Wildman–Crippen LogP) is 2.56. The third-order valence-electron chi connectivity index (χ3n) is 2.10. The van der Waals surface area contributed by atoms with Gasteiger partial charge in [-0.1, -0.05) is 48.5 Å². The van der Waals surface area contributed by atoms with E-state index in [0.717, 1.165) is 12.3 Å². The first kappa shape index (κ1) is 11.5. The molecule has 0 heterocycles. The van der Waals surface area contributed by atoms with E-state index < -0.39 is 0 Å². The Bertz CT molecular complexity index is 294. The van der Waals surface area contributed by atoms with Gasteiger partial charge >= 0.3 is 0 Å². The highest BCUT2D eigenvalue weighted by atomic mass is 35.5. The van der Waals surface area contributed by atoms with Crippen molar-refractivity contribution >= 4 is 32.4 Å². The van der Waals surface area contributed by atoms with Crippen molar-refractivity contribution in [1.82, 2.24) is 0 Å². The molecule has 0 aliphatic heterocycles. The van der Waals surface area contributed by atoms with Crippen LogP contribution in [0.2, 0.25) is 6.04 Å². The zero-order valence-corrected chi connectivity index (χ0v) is 10.8. The minimum atomic E-state index is -0.122. The van der Waals surface area contributed by atoms with Crippen LogP contribution in [0.25, 0.3) is 6.08 Å². The van der Waals surface area contributed by atoms with Crippen LogP contribution >= 0.6 is 11.6 Å². The van der Waals surface area contributed by atoms with Crippen molar-refractivity contribution in [3.63, 3.8) is 0 Å². The van der Waals surface area contributed by atoms with E-state index in [-0.39, 0.29) is 9.52 Å². The van der Waals surface area contributed by atoms with Gasteiger partial charge in [-0.3, -0.25) is 0 Å². The van der Waals surface area contributed by atoms with Gasteiger partial charge in [-0.25, -0.2) is 0 Å². The molecular formula is C12H17ClSi. The molecule has 0 aliphatic carbocycles. The molecule has 1 aromatic carbocycles. The lowest BCUT2D eigenvalue weighted by atomic mass is 10.2. The second kappa shape index (κ2) is 6.85. The van der Waals surface area contributed by atoms with Gasteiger partial charge < -0.3 is 0 Å². The smallest absolute Gasteiger partial charge is 0.0559 e. The van der Waals surface area contributed by atoms with Crippen LogP contribution in [-0.2, 0) is 0 Å². The highest BCUT2D eigenvalue weighted by Gasteiger charge is 1.93. The number of benzene rings is 1. The lowest BCUT2D eigenvalue weighted by molar-refractivity contribution is 1.23. The molecule has 76 valence electrons. The quantitative estimate of drug-likeness (QED) is 0.533. The van der Waals surface area contributed by atoms with Crippen molar-refractivity contribution < 1.29 is 0 Å². The zero-order valence-electron chi connectivity index (χ0n) is 8.67. The van der Waals surface area contributed by atoms with Gasteiger partial charge in [0.25, 0.3) is 0 Å². The van der Waals surface area contributed by atoms with Crippen molar-refractivity contribution in [2.75, 3.05) is 5.88 Å². The number of hydrogen-bond acceptors (Lipinski definition) is 0. The fourth-order valence-electron chi connectivity index (χ4n) is 1.38. The van der Waals surface area contributed by atoms with E-state index in [1.165, 1.54) is 16.8 Å². The number of hydrogen-bond donors (Lipinski definition) is 0. The van der Waals surface area contributed by atoms with E-state index in [1.54, 1.807) is 0 Å². The Morgan fingerprint density at radius 1 is 1.43 bits per heavy atom. The molecule has 0 radical (unpaired) electrons. The highest BCUT2D eigenvalue weighted by Crippen LogP contribution is 2.00. The molecule has 0 N–H and O–H groups in total. The van der Waals surface area contributed by atoms with Gasteiger partial charge in [0.05, 0.1) is 9.52 Å². The summed E-state index contributed by atoms with van der Waals surface area (Å²) in [6, 6.07) is 10.0.